The van der Waals surface area contributed by atoms with Gasteiger partial charge in [-0.15, -0.1) is 11.3 Å². The Morgan fingerprint density at radius 2 is 2.00 bits per heavy atom. The van der Waals surface area contributed by atoms with Crippen molar-refractivity contribution in [3.8, 4) is 17.0 Å². The molecule has 1 atom stereocenters. The molecule has 1 N–H and O–H groups in total. The fourth-order valence-corrected chi connectivity index (χ4v) is 4.33. The van der Waals surface area contributed by atoms with Crippen molar-refractivity contribution >= 4 is 34.7 Å². The zero-order chi connectivity index (χ0) is 19.2. The summed E-state index contributed by atoms with van der Waals surface area (Å²) >= 11 is 2.85. The molecule has 1 unspecified atom stereocenters. The van der Waals surface area contributed by atoms with Crippen LogP contribution in [0.2, 0.25) is 0 Å². The third-order valence-electron chi connectivity index (χ3n) is 3.71. The van der Waals surface area contributed by atoms with Crippen molar-refractivity contribution in [3.63, 3.8) is 0 Å². The van der Waals surface area contributed by atoms with E-state index in [2.05, 4.69) is 10.3 Å². The van der Waals surface area contributed by atoms with Crippen LogP contribution < -0.4 is 10.1 Å². The maximum Gasteiger partial charge on any atom is 0.237 e. The first-order valence-electron chi connectivity index (χ1n) is 8.47. The lowest BCUT2D eigenvalue weighted by molar-refractivity contribution is -0.115. The molecule has 0 aliphatic rings. The fourth-order valence-electron chi connectivity index (χ4n) is 2.36. The van der Waals surface area contributed by atoms with Crippen LogP contribution >= 0.6 is 23.1 Å². The zero-order valence-corrected chi connectivity index (χ0v) is 16.6. The molecule has 0 saturated carbocycles. The number of carbonyl (C=O) groups is 1. The minimum atomic E-state index is -0.327. The molecule has 1 aromatic heterocycles. The van der Waals surface area contributed by atoms with Gasteiger partial charge in [-0.1, -0.05) is 23.9 Å². The number of para-hydroxylation sites is 2. The number of nitrogens with one attached hydrogen (secondary N) is 1. The lowest BCUT2D eigenvalue weighted by atomic mass is 10.2. The van der Waals surface area contributed by atoms with Crippen molar-refractivity contribution < 1.29 is 13.9 Å². The maximum absolute atomic E-state index is 13.0. The molecule has 3 aromatic rings. The Hall–Kier alpha value is -2.38. The van der Waals surface area contributed by atoms with E-state index in [4.69, 9.17) is 4.74 Å². The van der Waals surface area contributed by atoms with Crippen LogP contribution in [0.1, 0.15) is 13.8 Å². The largest absolute Gasteiger partial charge is 0.492 e. The molecule has 0 aliphatic carbocycles. The van der Waals surface area contributed by atoms with Crippen LogP contribution in [-0.2, 0) is 4.79 Å². The van der Waals surface area contributed by atoms with Crippen molar-refractivity contribution in [1.29, 1.82) is 0 Å². The van der Waals surface area contributed by atoms with E-state index in [9.17, 15) is 9.18 Å². The number of amides is 1. The van der Waals surface area contributed by atoms with Gasteiger partial charge in [-0.3, -0.25) is 4.79 Å². The summed E-state index contributed by atoms with van der Waals surface area (Å²) < 4.78 is 19.4. The van der Waals surface area contributed by atoms with Gasteiger partial charge in [0.25, 0.3) is 0 Å². The third kappa shape index (κ3) is 5.08. The van der Waals surface area contributed by atoms with Gasteiger partial charge in [0, 0.05) is 10.9 Å². The molecule has 0 aliphatic heterocycles. The van der Waals surface area contributed by atoms with Crippen LogP contribution in [0.15, 0.2) is 58.3 Å². The molecule has 0 fully saturated rings. The Bertz CT molecular complexity index is 912. The van der Waals surface area contributed by atoms with Gasteiger partial charge in [0.2, 0.25) is 5.91 Å². The molecule has 0 bridgehead atoms. The number of benzene rings is 2. The molecule has 1 heterocycles. The second-order valence-corrected chi connectivity index (χ2v) is 8.13. The van der Waals surface area contributed by atoms with Crippen LogP contribution in [0.25, 0.3) is 11.3 Å². The number of ether oxygens (including phenoxy) is 1. The van der Waals surface area contributed by atoms with Crippen molar-refractivity contribution in [3.05, 3.63) is 59.7 Å². The van der Waals surface area contributed by atoms with E-state index in [1.54, 1.807) is 12.1 Å². The SMILES string of the molecule is CCOc1ccccc1NC(=O)C(C)Sc1nc(-c2ccc(F)cc2)cs1. The van der Waals surface area contributed by atoms with Crippen molar-refractivity contribution in [2.75, 3.05) is 11.9 Å². The third-order valence-corrected chi connectivity index (χ3v) is 5.79. The number of hydrogen-bond donors (Lipinski definition) is 1. The standard InChI is InChI=1S/C20H19FN2O2S2/c1-3-25-18-7-5-4-6-16(18)22-19(24)13(2)27-20-23-17(12-26-20)14-8-10-15(21)11-9-14/h4-13H,3H2,1-2H3,(H,22,24). The smallest absolute Gasteiger partial charge is 0.237 e. The van der Waals surface area contributed by atoms with Gasteiger partial charge in [0.15, 0.2) is 4.34 Å². The molecule has 3 rings (SSSR count). The van der Waals surface area contributed by atoms with Crippen LogP contribution in [0.5, 0.6) is 5.75 Å². The first-order valence-corrected chi connectivity index (χ1v) is 10.2. The highest BCUT2D eigenvalue weighted by Crippen LogP contribution is 2.32. The molecule has 7 heteroatoms. The summed E-state index contributed by atoms with van der Waals surface area (Å²) in [6.07, 6.45) is 0. The Balaban J connectivity index is 1.64. The Morgan fingerprint density at radius 1 is 1.26 bits per heavy atom. The van der Waals surface area contributed by atoms with E-state index in [1.165, 1.54) is 35.2 Å². The van der Waals surface area contributed by atoms with Gasteiger partial charge < -0.3 is 10.1 Å². The molecular weight excluding hydrogens is 383 g/mol. The van der Waals surface area contributed by atoms with Crippen LogP contribution in [-0.4, -0.2) is 22.7 Å². The van der Waals surface area contributed by atoms with E-state index in [-0.39, 0.29) is 17.0 Å². The quantitative estimate of drug-likeness (QED) is 0.533. The second kappa shape index (κ2) is 9.01. The van der Waals surface area contributed by atoms with Gasteiger partial charge >= 0.3 is 0 Å². The summed E-state index contributed by atoms with van der Waals surface area (Å²) in [7, 11) is 0. The molecule has 0 radical (unpaired) electrons. The molecule has 1 amide bonds. The van der Waals surface area contributed by atoms with Gasteiger partial charge in [0.1, 0.15) is 11.6 Å². The number of rotatable bonds is 7. The number of thioether (sulfide) groups is 1. The fraction of sp³-hybridized carbons (Fsp3) is 0.200. The number of nitrogens with zero attached hydrogens (tertiary/aromatic N) is 1. The summed E-state index contributed by atoms with van der Waals surface area (Å²) in [5.74, 6) is 0.255. The highest BCUT2D eigenvalue weighted by atomic mass is 32.2. The predicted molar refractivity (Wildman–Crippen MR) is 109 cm³/mol. The number of anilines is 1. The topological polar surface area (TPSA) is 51.2 Å². The maximum atomic E-state index is 13.0. The van der Waals surface area contributed by atoms with Crippen molar-refractivity contribution in [2.24, 2.45) is 0 Å². The Labute approximate surface area is 165 Å². The highest BCUT2D eigenvalue weighted by Gasteiger charge is 2.18. The van der Waals surface area contributed by atoms with Crippen LogP contribution in [0, 0.1) is 5.82 Å². The van der Waals surface area contributed by atoms with Gasteiger partial charge in [0.05, 0.1) is 23.2 Å². The summed E-state index contributed by atoms with van der Waals surface area (Å²) in [4.78, 5) is 17.1. The number of hydrogen-bond acceptors (Lipinski definition) is 5. The zero-order valence-electron chi connectivity index (χ0n) is 14.9. The molecule has 4 nitrogen and oxygen atoms in total. The first kappa shape index (κ1) is 19.4. The molecule has 2 aromatic carbocycles. The van der Waals surface area contributed by atoms with E-state index >= 15 is 0 Å². The van der Waals surface area contributed by atoms with Gasteiger partial charge in [-0.25, -0.2) is 9.37 Å². The average Bonchev–Trinajstić information content (AvgIpc) is 3.12. The predicted octanol–water partition coefficient (Wildman–Crippen LogP) is 5.47. The highest BCUT2D eigenvalue weighted by molar-refractivity contribution is 8.02. The number of carbonyl (C=O) groups excluding carboxylic acids is 1. The van der Waals surface area contributed by atoms with Crippen LogP contribution in [0.3, 0.4) is 0 Å². The summed E-state index contributed by atoms with van der Waals surface area (Å²) in [5, 5.41) is 4.49. The summed E-state index contributed by atoms with van der Waals surface area (Å²) in [6, 6.07) is 13.6. The monoisotopic (exact) mass is 402 g/mol. The first-order chi connectivity index (χ1) is 13.1. The number of halogens is 1. The van der Waals surface area contributed by atoms with Crippen LogP contribution in [0.4, 0.5) is 10.1 Å². The molecule has 0 saturated heterocycles. The van der Waals surface area contributed by atoms with E-state index in [0.29, 0.717) is 18.0 Å². The van der Waals surface area contributed by atoms with Gasteiger partial charge in [-0.05, 0) is 50.2 Å². The van der Waals surface area contributed by atoms with E-state index in [0.717, 1.165) is 15.6 Å². The summed E-state index contributed by atoms with van der Waals surface area (Å²) in [6.45, 7) is 4.27. The summed E-state index contributed by atoms with van der Waals surface area (Å²) in [5.41, 5.74) is 2.28. The molecular formula is C20H19FN2O2S2. The molecule has 140 valence electrons. The minimum Gasteiger partial charge on any atom is -0.492 e. The molecule has 0 spiro atoms. The van der Waals surface area contributed by atoms with E-state index < -0.39 is 0 Å². The minimum absolute atomic E-state index is 0.120. The average molecular weight is 403 g/mol. The van der Waals surface area contributed by atoms with Gasteiger partial charge in [-0.2, -0.15) is 0 Å². The van der Waals surface area contributed by atoms with Crippen molar-refractivity contribution in [2.45, 2.75) is 23.4 Å². The number of aromatic nitrogens is 1. The Morgan fingerprint density at radius 3 is 2.74 bits per heavy atom. The lowest BCUT2D eigenvalue weighted by Crippen LogP contribution is -2.22. The number of thiazole rings is 1. The second-order valence-electron chi connectivity index (χ2n) is 5.68. The molecule has 27 heavy (non-hydrogen) atoms. The van der Waals surface area contributed by atoms with E-state index in [1.807, 2.05) is 43.5 Å². The van der Waals surface area contributed by atoms with Crippen molar-refractivity contribution in [1.82, 2.24) is 4.98 Å². The lowest BCUT2D eigenvalue weighted by Gasteiger charge is -2.14. The normalized spacial score (nSPS) is 11.8. The Kier molecular flexibility index (Phi) is 6.47.